The van der Waals surface area contributed by atoms with Crippen LogP contribution in [0.4, 0.5) is 0 Å². The van der Waals surface area contributed by atoms with E-state index in [1.165, 1.54) is 0 Å². The lowest BCUT2D eigenvalue weighted by molar-refractivity contribution is -0.152. The van der Waals surface area contributed by atoms with Crippen molar-refractivity contribution in [2.75, 3.05) is 13.6 Å². The fraction of sp³-hybridized carbons (Fsp3) is 0.833. The van der Waals surface area contributed by atoms with E-state index in [0.717, 1.165) is 6.42 Å². The van der Waals surface area contributed by atoms with E-state index in [-0.39, 0.29) is 11.3 Å². The number of hydrogen-bond donors (Lipinski definition) is 1. The highest BCUT2D eigenvalue weighted by Crippen LogP contribution is 2.47. The van der Waals surface area contributed by atoms with Gasteiger partial charge in [0.1, 0.15) is 5.41 Å². The van der Waals surface area contributed by atoms with Crippen LogP contribution in [0.3, 0.4) is 0 Å². The van der Waals surface area contributed by atoms with Crippen LogP contribution in [0, 0.1) is 10.8 Å². The Labute approximate surface area is 96.6 Å². The Morgan fingerprint density at radius 1 is 1.31 bits per heavy atom. The molecule has 4 nitrogen and oxygen atoms in total. The number of carboxylic acids is 1. The Kier molecular flexibility index (Phi) is 3.31. The first-order valence-corrected chi connectivity index (χ1v) is 5.68. The SMILES string of the molecule is CN(CCC(C)(C)C)C(=O)C1(C(=O)O)CC1. The van der Waals surface area contributed by atoms with E-state index in [0.29, 0.717) is 19.4 Å². The largest absolute Gasteiger partial charge is 0.480 e. The van der Waals surface area contributed by atoms with Gasteiger partial charge in [0.05, 0.1) is 0 Å². The quantitative estimate of drug-likeness (QED) is 0.744. The van der Waals surface area contributed by atoms with Gasteiger partial charge in [-0.25, -0.2) is 0 Å². The van der Waals surface area contributed by atoms with E-state index in [9.17, 15) is 9.59 Å². The van der Waals surface area contributed by atoms with Crippen LogP contribution in [0.5, 0.6) is 0 Å². The molecule has 1 amide bonds. The summed E-state index contributed by atoms with van der Waals surface area (Å²) in [7, 11) is 1.69. The molecule has 4 heteroatoms. The lowest BCUT2D eigenvalue weighted by atomic mass is 9.92. The van der Waals surface area contributed by atoms with Gasteiger partial charge in [-0.05, 0) is 24.7 Å². The first-order valence-electron chi connectivity index (χ1n) is 5.68. The first-order chi connectivity index (χ1) is 7.19. The standard InChI is InChI=1S/C12H21NO3/c1-11(2,3)7-8-13(4)9(14)12(5-6-12)10(15)16/h5-8H2,1-4H3,(H,15,16). The Morgan fingerprint density at radius 3 is 2.12 bits per heavy atom. The molecular weight excluding hydrogens is 206 g/mol. The predicted octanol–water partition coefficient (Wildman–Crippen LogP) is 1.75. The van der Waals surface area contributed by atoms with Gasteiger partial charge < -0.3 is 10.0 Å². The van der Waals surface area contributed by atoms with E-state index in [1.807, 2.05) is 0 Å². The van der Waals surface area contributed by atoms with Crippen molar-refractivity contribution in [1.29, 1.82) is 0 Å². The monoisotopic (exact) mass is 227 g/mol. The van der Waals surface area contributed by atoms with Gasteiger partial charge in [-0.15, -0.1) is 0 Å². The van der Waals surface area contributed by atoms with E-state index in [1.54, 1.807) is 11.9 Å². The van der Waals surface area contributed by atoms with Gasteiger partial charge in [0, 0.05) is 13.6 Å². The minimum absolute atomic E-state index is 0.161. The van der Waals surface area contributed by atoms with Crippen LogP contribution in [-0.4, -0.2) is 35.5 Å². The summed E-state index contributed by atoms with van der Waals surface area (Å²) < 4.78 is 0. The fourth-order valence-electron chi connectivity index (χ4n) is 1.61. The second-order valence-electron chi connectivity index (χ2n) is 5.92. The second kappa shape index (κ2) is 4.07. The molecular formula is C12H21NO3. The highest BCUT2D eigenvalue weighted by atomic mass is 16.4. The van der Waals surface area contributed by atoms with Crippen LogP contribution < -0.4 is 0 Å². The Balaban J connectivity index is 2.52. The molecule has 0 saturated heterocycles. The molecule has 0 aromatic heterocycles. The van der Waals surface area contributed by atoms with Crippen molar-refractivity contribution in [1.82, 2.24) is 4.90 Å². The summed E-state index contributed by atoms with van der Waals surface area (Å²) in [5, 5.41) is 9.00. The van der Waals surface area contributed by atoms with Crippen LogP contribution >= 0.6 is 0 Å². The van der Waals surface area contributed by atoms with Crippen molar-refractivity contribution in [3.05, 3.63) is 0 Å². The summed E-state index contributed by atoms with van der Waals surface area (Å²) in [6.07, 6.45) is 1.85. The number of amides is 1. The molecule has 0 aliphatic heterocycles. The van der Waals surface area contributed by atoms with Crippen molar-refractivity contribution < 1.29 is 14.7 Å². The zero-order valence-electron chi connectivity index (χ0n) is 10.5. The molecule has 0 heterocycles. The molecule has 0 aromatic rings. The maximum atomic E-state index is 11.9. The average molecular weight is 227 g/mol. The van der Waals surface area contributed by atoms with Crippen molar-refractivity contribution in [3.8, 4) is 0 Å². The summed E-state index contributed by atoms with van der Waals surface area (Å²) in [6.45, 7) is 6.94. The molecule has 16 heavy (non-hydrogen) atoms. The predicted molar refractivity (Wildman–Crippen MR) is 61.0 cm³/mol. The molecule has 1 N–H and O–H groups in total. The van der Waals surface area contributed by atoms with Crippen LogP contribution in [0.1, 0.15) is 40.0 Å². The van der Waals surface area contributed by atoms with Crippen molar-refractivity contribution in [2.24, 2.45) is 10.8 Å². The molecule has 0 bridgehead atoms. The summed E-state index contributed by atoms with van der Waals surface area (Å²) >= 11 is 0. The second-order valence-corrected chi connectivity index (χ2v) is 5.92. The molecule has 0 spiro atoms. The van der Waals surface area contributed by atoms with E-state index in [2.05, 4.69) is 20.8 Å². The fourth-order valence-corrected chi connectivity index (χ4v) is 1.61. The topological polar surface area (TPSA) is 57.6 Å². The molecule has 1 aliphatic carbocycles. The molecule has 0 atom stereocenters. The molecule has 1 aliphatic rings. The normalized spacial score (nSPS) is 18.0. The van der Waals surface area contributed by atoms with Gasteiger partial charge in [-0.1, -0.05) is 20.8 Å². The summed E-state index contributed by atoms with van der Waals surface area (Å²) in [5.74, 6) is -1.20. The third kappa shape index (κ3) is 2.74. The summed E-state index contributed by atoms with van der Waals surface area (Å²) in [4.78, 5) is 24.5. The van der Waals surface area contributed by atoms with Crippen molar-refractivity contribution >= 4 is 11.9 Å². The van der Waals surface area contributed by atoms with Gasteiger partial charge in [-0.2, -0.15) is 0 Å². The van der Waals surface area contributed by atoms with Crippen LogP contribution in [0.15, 0.2) is 0 Å². The van der Waals surface area contributed by atoms with E-state index < -0.39 is 11.4 Å². The Hall–Kier alpha value is -1.06. The Morgan fingerprint density at radius 2 is 1.81 bits per heavy atom. The third-order valence-corrected chi connectivity index (χ3v) is 3.11. The van der Waals surface area contributed by atoms with Gasteiger partial charge in [0.2, 0.25) is 5.91 Å². The Bertz CT molecular complexity index is 300. The zero-order valence-corrected chi connectivity index (χ0v) is 10.5. The van der Waals surface area contributed by atoms with E-state index >= 15 is 0 Å². The smallest absolute Gasteiger partial charge is 0.319 e. The zero-order chi connectivity index (χ0) is 12.6. The summed E-state index contributed by atoms with van der Waals surface area (Å²) in [6, 6.07) is 0. The number of carboxylic acid groups (broad SMARTS) is 1. The van der Waals surface area contributed by atoms with Gasteiger partial charge in [0.25, 0.3) is 0 Å². The first kappa shape index (κ1) is 13.0. The van der Waals surface area contributed by atoms with Crippen LogP contribution in [-0.2, 0) is 9.59 Å². The number of carbonyl (C=O) groups excluding carboxylic acids is 1. The van der Waals surface area contributed by atoms with Gasteiger partial charge in [0.15, 0.2) is 0 Å². The van der Waals surface area contributed by atoms with Gasteiger partial charge in [-0.3, -0.25) is 9.59 Å². The molecule has 1 fully saturated rings. The highest BCUT2D eigenvalue weighted by Gasteiger charge is 2.58. The number of nitrogens with zero attached hydrogens (tertiary/aromatic N) is 1. The minimum Gasteiger partial charge on any atom is -0.480 e. The van der Waals surface area contributed by atoms with Crippen LogP contribution in [0.2, 0.25) is 0 Å². The molecule has 0 radical (unpaired) electrons. The number of hydrogen-bond acceptors (Lipinski definition) is 2. The minimum atomic E-state index is -1.09. The molecule has 1 saturated carbocycles. The van der Waals surface area contributed by atoms with Crippen molar-refractivity contribution in [3.63, 3.8) is 0 Å². The van der Waals surface area contributed by atoms with E-state index in [4.69, 9.17) is 5.11 Å². The lowest BCUT2D eigenvalue weighted by Gasteiger charge is -2.25. The van der Waals surface area contributed by atoms with Crippen molar-refractivity contribution in [2.45, 2.75) is 40.0 Å². The number of aliphatic carboxylic acids is 1. The van der Waals surface area contributed by atoms with Crippen LogP contribution in [0.25, 0.3) is 0 Å². The maximum absolute atomic E-state index is 11.9. The summed E-state index contributed by atoms with van der Waals surface area (Å²) in [5.41, 5.74) is -0.929. The molecule has 1 rings (SSSR count). The third-order valence-electron chi connectivity index (χ3n) is 3.11. The molecule has 92 valence electrons. The average Bonchev–Trinajstić information content (AvgIpc) is 2.92. The highest BCUT2D eigenvalue weighted by molar-refractivity contribution is 6.04. The number of carbonyl (C=O) groups is 2. The number of rotatable bonds is 4. The lowest BCUT2D eigenvalue weighted by Crippen LogP contribution is -2.39. The molecule has 0 aromatic carbocycles. The molecule has 0 unspecified atom stereocenters. The maximum Gasteiger partial charge on any atom is 0.319 e. The van der Waals surface area contributed by atoms with Gasteiger partial charge >= 0.3 is 5.97 Å².